The van der Waals surface area contributed by atoms with Crippen molar-refractivity contribution in [1.29, 1.82) is 0 Å². The molecule has 0 bridgehead atoms. The highest BCUT2D eigenvalue weighted by Gasteiger charge is 2.13. The predicted octanol–water partition coefficient (Wildman–Crippen LogP) is 1.64. The summed E-state index contributed by atoms with van der Waals surface area (Å²) in [6.07, 6.45) is 3.27. The molecule has 7 heteroatoms. The third-order valence-corrected chi connectivity index (χ3v) is 4.43. The smallest absolute Gasteiger partial charge is 0.253 e. The Morgan fingerprint density at radius 3 is 2.56 bits per heavy atom. The number of benzene rings is 1. The zero-order chi connectivity index (χ0) is 19.5. The first-order valence-electron chi connectivity index (χ1n) is 9.54. The van der Waals surface area contributed by atoms with Gasteiger partial charge in [-0.15, -0.1) is 0 Å². The van der Waals surface area contributed by atoms with Crippen LogP contribution in [0.2, 0.25) is 0 Å². The lowest BCUT2D eigenvalue weighted by molar-refractivity contribution is -0.0320. The molecule has 1 saturated heterocycles. The Morgan fingerprint density at radius 2 is 1.93 bits per heavy atom. The molecule has 1 amide bonds. The van der Waals surface area contributed by atoms with E-state index in [9.17, 15) is 4.79 Å². The summed E-state index contributed by atoms with van der Waals surface area (Å²) in [5.41, 5.74) is 1.78. The molecule has 1 heterocycles. The van der Waals surface area contributed by atoms with E-state index in [2.05, 4.69) is 15.6 Å². The summed E-state index contributed by atoms with van der Waals surface area (Å²) < 4.78 is 11.2. The quantitative estimate of drug-likeness (QED) is 0.410. The van der Waals surface area contributed by atoms with Crippen molar-refractivity contribution in [2.75, 3.05) is 47.5 Å². The van der Waals surface area contributed by atoms with Crippen molar-refractivity contribution < 1.29 is 14.3 Å². The van der Waals surface area contributed by atoms with Crippen LogP contribution in [0, 0.1) is 0 Å². The van der Waals surface area contributed by atoms with E-state index >= 15 is 0 Å². The normalized spacial score (nSPS) is 15.4. The molecule has 1 fully saturated rings. The van der Waals surface area contributed by atoms with Crippen molar-refractivity contribution in [3.8, 4) is 0 Å². The second-order valence-electron chi connectivity index (χ2n) is 6.79. The van der Waals surface area contributed by atoms with Crippen LogP contribution in [0.3, 0.4) is 0 Å². The maximum Gasteiger partial charge on any atom is 0.253 e. The molecule has 0 spiro atoms. The molecule has 0 atom stereocenters. The van der Waals surface area contributed by atoms with Gasteiger partial charge in [-0.05, 0) is 37.0 Å². The molecule has 0 saturated carbocycles. The fourth-order valence-electron chi connectivity index (χ4n) is 2.80. The van der Waals surface area contributed by atoms with Gasteiger partial charge in [-0.1, -0.05) is 12.1 Å². The number of aliphatic imine (C=N–C) groups is 1. The highest BCUT2D eigenvalue weighted by molar-refractivity contribution is 5.93. The van der Waals surface area contributed by atoms with Crippen molar-refractivity contribution in [2.24, 2.45) is 4.99 Å². The van der Waals surface area contributed by atoms with Crippen LogP contribution in [-0.2, 0) is 16.0 Å². The van der Waals surface area contributed by atoms with Crippen LogP contribution < -0.4 is 10.6 Å². The SMILES string of the molecule is CN=C(NCCCOC1CCOCC1)NCc1ccc(C(=O)N(C)C)cc1. The highest BCUT2D eigenvalue weighted by atomic mass is 16.5. The standard InChI is InChI=1S/C20H32N4O3/c1-21-20(22-11-4-12-27-18-9-13-26-14-10-18)23-15-16-5-7-17(8-6-16)19(25)24(2)3/h5-8,18H,4,9-15H2,1-3H3,(H2,21,22,23). The van der Waals surface area contributed by atoms with Crippen LogP contribution in [0.15, 0.2) is 29.3 Å². The number of ether oxygens (including phenoxy) is 2. The van der Waals surface area contributed by atoms with Gasteiger partial charge in [0.2, 0.25) is 0 Å². The van der Waals surface area contributed by atoms with E-state index < -0.39 is 0 Å². The largest absolute Gasteiger partial charge is 0.381 e. The number of carbonyl (C=O) groups is 1. The average molecular weight is 377 g/mol. The molecule has 1 aromatic rings. The maximum absolute atomic E-state index is 11.9. The van der Waals surface area contributed by atoms with Gasteiger partial charge in [0.25, 0.3) is 5.91 Å². The minimum absolute atomic E-state index is 0.00922. The number of guanidine groups is 1. The second kappa shape index (κ2) is 11.6. The summed E-state index contributed by atoms with van der Waals surface area (Å²) in [7, 11) is 5.26. The maximum atomic E-state index is 11.9. The lowest BCUT2D eigenvalue weighted by Gasteiger charge is -2.22. The topological polar surface area (TPSA) is 75.2 Å². The van der Waals surface area contributed by atoms with Crippen LogP contribution in [-0.4, -0.2) is 70.4 Å². The van der Waals surface area contributed by atoms with E-state index in [1.807, 2.05) is 24.3 Å². The molecule has 1 aliphatic heterocycles. The van der Waals surface area contributed by atoms with E-state index in [1.54, 1.807) is 26.0 Å². The summed E-state index contributed by atoms with van der Waals surface area (Å²) in [4.78, 5) is 17.7. The third-order valence-electron chi connectivity index (χ3n) is 4.43. The molecular formula is C20H32N4O3. The lowest BCUT2D eigenvalue weighted by Crippen LogP contribution is -2.37. The highest BCUT2D eigenvalue weighted by Crippen LogP contribution is 2.10. The predicted molar refractivity (Wildman–Crippen MR) is 107 cm³/mol. The number of hydrogen-bond donors (Lipinski definition) is 2. The van der Waals surface area contributed by atoms with Crippen molar-refractivity contribution in [2.45, 2.75) is 31.9 Å². The fraction of sp³-hybridized carbons (Fsp3) is 0.600. The molecule has 1 aliphatic rings. The Balaban J connectivity index is 1.64. The van der Waals surface area contributed by atoms with E-state index in [0.29, 0.717) is 18.2 Å². The van der Waals surface area contributed by atoms with Gasteiger partial charge in [0.1, 0.15) is 0 Å². The number of carbonyl (C=O) groups excluding carboxylic acids is 1. The fourth-order valence-corrected chi connectivity index (χ4v) is 2.80. The number of nitrogens with zero attached hydrogens (tertiary/aromatic N) is 2. The molecular weight excluding hydrogens is 344 g/mol. The van der Waals surface area contributed by atoms with Crippen LogP contribution in [0.25, 0.3) is 0 Å². The van der Waals surface area contributed by atoms with Crippen LogP contribution in [0.1, 0.15) is 35.2 Å². The molecule has 1 aromatic carbocycles. The van der Waals surface area contributed by atoms with Crippen LogP contribution in [0.5, 0.6) is 0 Å². The van der Waals surface area contributed by atoms with Gasteiger partial charge < -0.3 is 25.0 Å². The first kappa shape index (κ1) is 21.2. The number of hydrogen-bond acceptors (Lipinski definition) is 4. The average Bonchev–Trinajstić information content (AvgIpc) is 2.70. The van der Waals surface area contributed by atoms with Gasteiger partial charge in [0, 0.05) is 59.6 Å². The number of rotatable bonds is 8. The zero-order valence-electron chi connectivity index (χ0n) is 16.7. The summed E-state index contributed by atoms with van der Waals surface area (Å²) >= 11 is 0. The van der Waals surface area contributed by atoms with Crippen LogP contribution in [0.4, 0.5) is 0 Å². The van der Waals surface area contributed by atoms with Crippen molar-refractivity contribution in [1.82, 2.24) is 15.5 Å². The molecule has 27 heavy (non-hydrogen) atoms. The molecule has 0 unspecified atom stereocenters. The van der Waals surface area contributed by atoms with Gasteiger partial charge >= 0.3 is 0 Å². The van der Waals surface area contributed by atoms with Gasteiger partial charge in [-0.25, -0.2) is 0 Å². The minimum Gasteiger partial charge on any atom is -0.381 e. The number of nitrogens with one attached hydrogen (secondary N) is 2. The van der Waals surface area contributed by atoms with Gasteiger partial charge in [-0.3, -0.25) is 9.79 Å². The number of amides is 1. The second-order valence-corrected chi connectivity index (χ2v) is 6.79. The summed E-state index contributed by atoms with van der Waals surface area (Å²) in [5, 5.41) is 6.58. The molecule has 0 radical (unpaired) electrons. The van der Waals surface area contributed by atoms with E-state index in [1.165, 1.54) is 0 Å². The Morgan fingerprint density at radius 1 is 1.22 bits per heavy atom. The Kier molecular flexibility index (Phi) is 9.07. The van der Waals surface area contributed by atoms with Gasteiger partial charge in [-0.2, -0.15) is 0 Å². The van der Waals surface area contributed by atoms with E-state index in [0.717, 1.165) is 57.2 Å². The van der Waals surface area contributed by atoms with Gasteiger partial charge in [0.05, 0.1) is 6.10 Å². The van der Waals surface area contributed by atoms with E-state index in [4.69, 9.17) is 9.47 Å². The summed E-state index contributed by atoms with van der Waals surface area (Å²) in [6, 6.07) is 7.61. The molecule has 2 rings (SSSR count). The van der Waals surface area contributed by atoms with Crippen molar-refractivity contribution in [3.63, 3.8) is 0 Å². The molecule has 0 aromatic heterocycles. The first-order chi connectivity index (χ1) is 13.1. The Bertz CT molecular complexity index is 596. The first-order valence-corrected chi connectivity index (χ1v) is 9.54. The summed E-state index contributed by atoms with van der Waals surface area (Å²) in [6.45, 7) is 3.82. The molecule has 7 nitrogen and oxygen atoms in total. The van der Waals surface area contributed by atoms with Crippen LogP contribution >= 0.6 is 0 Å². The minimum atomic E-state index is 0.00922. The van der Waals surface area contributed by atoms with E-state index in [-0.39, 0.29) is 5.91 Å². The monoisotopic (exact) mass is 376 g/mol. The zero-order valence-corrected chi connectivity index (χ0v) is 16.7. The molecule has 2 N–H and O–H groups in total. The van der Waals surface area contributed by atoms with Crippen molar-refractivity contribution >= 4 is 11.9 Å². The Labute approximate surface area is 162 Å². The summed E-state index contributed by atoms with van der Waals surface area (Å²) in [5.74, 6) is 0.768. The lowest BCUT2D eigenvalue weighted by atomic mass is 10.1. The Hall–Kier alpha value is -2.12. The molecule has 0 aliphatic carbocycles. The van der Waals surface area contributed by atoms with Crippen molar-refractivity contribution in [3.05, 3.63) is 35.4 Å². The third kappa shape index (κ3) is 7.56. The van der Waals surface area contributed by atoms with Gasteiger partial charge in [0.15, 0.2) is 5.96 Å². The molecule has 150 valence electrons.